The van der Waals surface area contributed by atoms with Crippen molar-refractivity contribution in [3.05, 3.63) is 18.0 Å². The van der Waals surface area contributed by atoms with E-state index in [0.717, 1.165) is 45.4 Å². The lowest BCUT2D eigenvalue weighted by atomic mass is 9.87. The van der Waals surface area contributed by atoms with Gasteiger partial charge in [0.1, 0.15) is 0 Å². The Kier molecular flexibility index (Phi) is 5.61. The summed E-state index contributed by atoms with van der Waals surface area (Å²) in [5, 5.41) is 14.5. The molecular formula is C16H29N3O. The number of nitrogens with zero attached hydrogens (tertiary/aromatic N) is 3. The molecule has 0 radical (unpaired) electrons. The fourth-order valence-corrected chi connectivity index (χ4v) is 3.09. The lowest BCUT2D eigenvalue weighted by Crippen LogP contribution is -2.37. The first-order valence-electron chi connectivity index (χ1n) is 8.00. The lowest BCUT2D eigenvalue weighted by Gasteiger charge is -2.34. The van der Waals surface area contributed by atoms with E-state index in [1.54, 1.807) is 0 Å². The number of aliphatic hydroxyl groups excluding tert-OH is 1. The minimum atomic E-state index is -0.111. The molecule has 4 nitrogen and oxygen atoms in total. The Morgan fingerprint density at radius 2 is 2.05 bits per heavy atom. The average Bonchev–Trinajstić information content (AvgIpc) is 2.86. The van der Waals surface area contributed by atoms with E-state index >= 15 is 0 Å². The first-order valence-corrected chi connectivity index (χ1v) is 8.00. The van der Waals surface area contributed by atoms with Gasteiger partial charge in [0.2, 0.25) is 0 Å². The van der Waals surface area contributed by atoms with Gasteiger partial charge in [0, 0.05) is 24.8 Å². The van der Waals surface area contributed by atoms with E-state index in [4.69, 9.17) is 0 Å². The molecule has 114 valence electrons. The molecule has 0 aromatic carbocycles. The topological polar surface area (TPSA) is 41.3 Å². The lowest BCUT2D eigenvalue weighted by molar-refractivity contribution is 0.0436. The summed E-state index contributed by atoms with van der Waals surface area (Å²) in [7, 11) is 0. The van der Waals surface area contributed by atoms with Gasteiger partial charge in [0.05, 0.1) is 12.3 Å². The fourth-order valence-electron chi connectivity index (χ4n) is 3.09. The van der Waals surface area contributed by atoms with Gasteiger partial charge in [-0.2, -0.15) is 5.10 Å². The molecule has 2 heterocycles. The predicted molar refractivity (Wildman–Crippen MR) is 81.4 cm³/mol. The van der Waals surface area contributed by atoms with Crippen LogP contribution in [-0.4, -0.2) is 39.0 Å². The van der Waals surface area contributed by atoms with Crippen LogP contribution in [0.25, 0.3) is 0 Å². The molecule has 0 amide bonds. The molecule has 1 aromatic rings. The number of aryl methyl sites for hydroxylation is 1. The normalized spacial score (nSPS) is 19.6. The average molecular weight is 279 g/mol. The van der Waals surface area contributed by atoms with Gasteiger partial charge in [-0.05, 0) is 51.1 Å². The third-order valence-electron chi connectivity index (χ3n) is 4.31. The van der Waals surface area contributed by atoms with Crippen LogP contribution >= 0.6 is 0 Å². The summed E-state index contributed by atoms with van der Waals surface area (Å²) in [6.45, 7) is 10.6. The third kappa shape index (κ3) is 4.32. The highest BCUT2D eigenvalue weighted by Gasteiger charge is 2.25. The second-order valence-electron chi connectivity index (χ2n) is 6.51. The highest BCUT2D eigenvalue weighted by molar-refractivity contribution is 5.03. The summed E-state index contributed by atoms with van der Waals surface area (Å²) in [6, 6.07) is 0. The van der Waals surface area contributed by atoms with Crippen LogP contribution in [0.1, 0.15) is 45.6 Å². The molecule has 20 heavy (non-hydrogen) atoms. The zero-order valence-corrected chi connectivity index (χ0v) is 13.1. The van der Waals surface area contributed by atoms with Crippen LogP contribution in [0, 0.1) is 11.8 Å². The first-order chi connectivity index (χ1) is 9.58. The maximum Gasteiger partial charge on any atom is 0.0571 e. The van der Waals surface area contributed by atoms with Gasteiger partial charge in [-0.25, -0.2) is 0 Å². The number of hydrogen-bond acceptors (Lipinski definition) is 3. The van der Waals surface area contributed by atoms with Gasteiger partial charge in [0.25, 0.3) is 0 Å². The standard InChI is InChI=1S/C16H29N3O/c1-4-19-12-14(10-17-19)11-18-7-5-15(6-8-18)16(20)9-13(2)3/h10,12-13,15-16,20H,4-9,11H2,1-3H3/t16-/m0/s1. The van der Waals surface area contributed by atoms with E-state index < -0.39 is 0 Å². The van der Waals surface area contributed by atoms with Crippen molar-refractivity contribution in [2.45, 2.75) is 59.2 Å². The molecule has 2 rings (SSSR count). The molecule has 0 aliphatic carbocycles. The second-order valence-corrected chi connectivity index (χ2v) is 6.51. The Morgan fingerprint density at radius 1 is 1.35 bits per heavy atom. The summed E-state index contributed by atoms with van der Waals surface area (Å²) in [4.78, 5) is 2.48. The van der Waals surface area contributed by atoms with Crippen molar-refractivity contribution in [1.82, 2.24) is 14.7 Å². The van der Waals surface area contributed by atoms with Crippen molar-refractivity contribution in [2.75, 3.05) is 13.1 Å². The Labute approximate surface area is 122 Å². The number of piperidine rings is 1. The van der Waals surface area contributed by atoms with Crippen molar-refractivity contribution < 1.29 is 5.11 Å². The molecule has 0 saturated carbocycles. The molecular weight excluding hydrogens is 250 g/mol. The van der Waals surface area contributed by atoms with E-state index in [0.29, 0.717) is 11.8 Å². The van der Waals surface area contributed by atoms with Gasteiger partial charge >= 0.3 is 0 Å². The molecule has 0 bridgehead atoms. The van der Waals surface area contributed by atoms with Crippen LogP contribution in [0.5, 0.6) is 0 Å². The van der Waals surface area contributed by atoms with E-state index in [1.807, 2.05) is 10.9 Å². The zero-order chi connectivity index (χ0) is 14.5. The number of rotatable bonds is 6. The van der Waals surface area contributed by atoms with E-state index in [2.05, 4.69) is 37.0 Å². The van der Waals surface area contributed by atoms with Crippen LogP contribution in [0.4, 0.5) is 0 Å². The maximum absolute atomic E-state index is 10.2. The summed E-state index contributed by atoms with van der Waals surface area (Å²) in [6.07, 6.45) is 7.18. The summed E-state index contributed by atoms with van der Waals surface area (Å²) < 4.78 is 1.98. The molecule has 1 aromatic heterocycles. The summed E-state index contributed by atoms with van der Waals surface area (Å²) in [5.41, 5.74) is 1.30. The maximum atomic E-state index is 10.2. The Bertz CT molecular complexity index is 394. The van der Waals surface area contributed by atoms with Gasteiger partial charge < -0.3 is 5.11 Å². The molecule has 1 aliphatic rings. The Hall–Kier alpha value is -0.870. The summed E-state index contributed by atoms with van der Waals surface area (Å²) in [5.74, 6) is 1.08. The predicted octanol–water partition coefficient (Wildman–Crippen LogP) is 2.52. The van der Waals surface area contributed by atoms with Gasteiger partial charge in [0.15, 0.2) is 0 Å². The highest BCUT2D eigenvalue weighted by atomic mass is 16.3. The molecule has 1 fully saturated rings. The van der Waals surface area contributed by atoms with E-state index in [-0.39, 0.29) is 6.10 Å². The number of aliphatic hydroxyl groups is 1. The monoisotopic (exact) mass is 279 g/mol. The zero-order valence-electron chi connectivity index (χ0n) is 13.1. The smallest absolute Gasteiger partial charge is 0.0571 e. The minimum absolute atomic E-state index is 0.111. The van der Waals surface area contributed by atoms with E-state index in [9.17, 15) is 5.11 Å². The molecule has 1 aliphatic heterocycles. The largest absolute Gasteiger partial charge is 0.393 e. The van der Waals surface area contributed by atoms with Crippen molar-refractivity contribution in [3.63, 3.8) is 0 Å². The highest BCUT2D eigenvalue weighted by Crippen LogP contribution is 2.25. The fraction of sp³-hybridized carbons (Fsp3) is 0.812. The van der Waals surface area contributed by atoms with Crippen molar-refractivity contribution >= 4 is 0 Å². The van der Waals surface area contributed by atoms with Crippen LogP contribution in [0.3, 0.4) is 0 Å². The molecule has 0 unspecified atom stereocenters. The van der Waals surface area contributed by atoms with Crippen LogP contribution in [0.15, 0.2) is 12.4 Å². The molecule has 1 saturated heterocycles. The number of aromatic nitrogens is 2. The van der Waals surface area contributed by atoms with E-state index in [1.165, 1.54) is 5.56 Å². The van der Waals surface area contributed by atoms with Crippen molar-refractivity contribution in [3.8, 4) is 0 Å². The molecule has 4 heteroatoms. The third-order valence-corrected chi connectivity index (χ3v) is 4.31. The van der Waals surface area contributed by atoms with Crippen molar-refractivity contribution in [1.29, 1.82) is 0 Å². The van der Waals surface area contributed by atoms with Crippen molar-refractivity contribution in [2.24, 2.45) is 11.8 Å². The van der Waals surface area contributed by atoms with Gasteiger partial charge in [-0.3, -0.25) is 9.58 Å². The molecule has 1 N–H and O–H groups in total. The SMILES string of the molecule is CCn1cc(CN2CCC([C@@H](O)CC(C)C)CC2)cn1. The van der Waals surface area contributed by atoms with Gasteiger partial charge in [-0.1, -0.05) is 13.8 Å². The minimum Gasteiger partial charge on any atom is -0.393 e. The first kappa shape index (κ1) is 15.5. The number of hydrogen-bond donors (Lipinski definition) is 1. The van der Waals surface area contributed by atoms with Gasteiger partial charge in [-0.15, -0.1) is 0 Å². The van der Waals surface area contributed by atoms with Crippen LogP contribution < -0.4 is 0 Å². The molecule has 1 atom stereocenters. The second kappa shape index (κ2) is 7.23. The summed E-state index contributed by atoms with van der Waals surface area (Å²) >= 11 is 0. The Morgan fingerprint density at radius 3 is 2.60 bits per heavy atom. The Balaban J connectivity index is 1.76. The quantitative estimate of drug-likeness (QED) is 0.870. The molecule has 0 spiro atoms. The number of likely N-dealkylation sites (tertiary alicyclic amines) is 1. The van der Waals surface area contributed by atoms with Crippen LogP contribution in [0.2, 0.25) is 0 Å². The van der Waals surface area contributed by atoms with Crippen LogP contribution in [-0.2, 0) is 13.1 Å².